The van der Waals surface area contributed by atoms with E-state index in [1.165, 1.54) is 29.3 Å². The molecule has 1 fully saturated rings. The highest BCUT2D eigenvalue weighted by molar-refractivity contribution is 7.99. The van der Waals surface area contributed by atoms with E-state index < -0.39 is 0 Å². The van der Waals surface area contributed by atoms with Crippen molar-refractivity contribution >= 4 is 56.6 Å². The van der Waals surface area contributed by atoms with Crippen LogP contribution in [0.25, 0.3) is 10.2 Å². The van der Waals surface area contributed by atoms with Crippen LogP contribution in [0.1, 0.15) is 25.8 Å². The van der Waals surface area contributed by atoms with Crippen LogP contribution in [0.2, 0.25) is 5.02 Å². The number of nitrogens with zero attached hydrogens (tertiary/aromatic N) is 3. The van der Waals surface area contributed by atoms with Crippen molar-refractivity contribution in [2.24, 2.45) is 5.92 Å². The Morgan fingerprint density at radius 1 is 1.44 bits per heavy atom. The van der Waals surface area contributed by atoms with E-state index in [4.69, 9.17) is 11.6 Å². The van der Waals surface area contributed by atoms with E-state index in [0.717, 1.165) is 12.8 Å². The molecule has 27 heavy (non-hydrogen) atoms. The Hall–Kier alpha value is -1.90. The molecule has 1 N–H and O–H groups in total. The third kappa shape index (κ3) is 4.02. The summed E-state index contributed by atoms with van der Waals surface area (Å²) in [5.41, 5.74) is -0.0251. The van der Waals surface area contributed by atoms with Gasteiger partial charge in [0.1, 0.15) is 10.6 Å². The lowest BCUT2D eigenvalue weighted by Gasteiger charge is -2.18. The van der Waals surface area contributed by atoms with Crippen molar-refractivity contribution in [2.45, 2.75) is 31.0 Å². The third-order valence-corrected chi connectivity index (χ3v) is 6.52. The lowest BCUT2D eigenvalue weighted by molar-refractivity contribution is -0.113. The van der Waals surface area contributed by atoms with Gasteiger partial charge < -0.3 is 5.32 Å². The topological polar surface area (TPSA) is 76.9 Å². The molecule has 140 valence electrons. The Labute approximate surface area is 169 Å². The summed E-state index contributed by atoms with van der Waals surface area (Å²) >= 11 is 8.51. The van der Waals surface area contributed by atoms with Gasteiger partial charge in [0.25, 0.3) is 5.56 Å². The van der Waals surface area contributed by atoms with Crippen molar-refractivity contribution in [2.75, 3.05) is 11.1 Å². The molecule has 3 aromatic rings. The van der Waals surface area contributed by atoms with Crippen molar-refractivity contribution in [1.29, 1.82) is 0 Å². The van der Waals surface area contributed by atoms with E-state index >= 15 is 0 Å². The van der Waals surface area contributed by atoms with E-state index in [-0.39, 0.29) is 23.3 Å². The Bertz CT molecular complexity index is 1040. The number of halogens is 1. The van der Waals surface area contributed by atoms with Crippen LogP contribution in [0.15, 0.2) is 39.7 Å². The molecule has 0 aromatic carbocycles. The minimum atomic E-state index is -0.207. The van der Waals surface area contributed by atoms with Crippen LogP contribution < -0.4 is 10.9 Å². The zero-order valence-corrected chi connectivity index (χ0v) is 16.9. The van der Waals surface area contributed by atoms with Gasteiger partial charge in [-0.15, -0.1) is 11.3 Å². The van der Waals surface area contributed by atoms with Crippen molar-refractivity contribution in [1.82, 2.24) is 14.5 Å². The van der Waals surface area contributed by atoms with Gasteiger partial charge in [0, 0.05) is 12.2 Å². The maximum Gasteiger partial charge on any atom is 0.263 e. The maximum atomic E-state index is 12.9. The number of aromatic nitrogens is 3. The van der Waals surface area contributed by atoms with Crippen LogP contribution in [0.5, 0.6) is 0 Å². The van der Waals surface area contributed by atoms with Gasteiger partial charge in [0.05, 0.1) is 16.2 Å². The predicted molar refractivity (Wildman–Crippen MR) is 110 cm³/mol. The van der Waals surface area contributed by atoms with Crippen molar-refractivity contribution in [3.63, 3.8) is 0 Å². The van der Waals surface area contributed by atoms with Crippen LogP contribution in [0.3, 0.4) is 0 Å². The average molecular weight is 421 g/mol. The van der Waals surface area contributed by atoms with E-state index in [9.17, 15) is 9.59 Å². The normalized spacial score (nSPS) is 15.0. The van der Waals surface area contributed by atoms with Crippen LogP contribution in [-0.2, 0) is 4.79 Å². The molecule has 1 saturated carbocycles. The summed E-state index contributed by atoms with van der Waals surface area (Å²) in [6.07, 6.45) is 3.73. The molecule has 0 radical (unpaired) electrons. The smallest absolute Gasteiger partial charge is 0.263 e. The molecule has 1 aliphatic carbocycles. The van der Waals surface area contributed by atoms with Crippen molar-refractivity contribution in [3.8, 4) is 0 Å². The average Bonchev–Trinajstić information content (AvgIpc) is 3.39. The minimum Gasteiger partial charge on any atom is -0.310 e. The molecular weight excluding hydrogens is 404 g/mol. The first-order valence-corrected chi connectivity index (χ1v) is 10.8. The fourth-order valence-electron chi connectivity index (χ4n) is 2.92. The zero-order chi connectivity index (χ0) is 19.0. The molecule has 0 saturated heterocycles. The Kier molecular flexibility index (Phi) is 5.21. The summed E-state index contributed by atoms with van der Waals surface area (Å²) in [7, 11) is 0. The summed E-state index contributed by atoms with van der Waals surface area (Å²) in [5, 5.41) is 6.35. The molecule has 6 nitrogen and oxygen atoms in total. The summed E-state index contributed by atoms with van der Waals surface area (Å²) in [5.74, 6) is 0.883. The van der Waals surface area contributed by atoms with Gasteiger partial charge in [0.2, 0.25) is 5.91 Å². The summed E-state index contributed by atoms with van der Waals surface area (Å²) in [4.78, 5) is 34.6. The second-order valence-electron chi connectivity index (χ2n) is 6.49. The molecule has 3 heterocycles. The molecular formula is C18H17ClN4O2S2. The molecule has 1 amide bonds. The number of rotatable bonds is 6. The molecule has 4 rings (SSSR count). The Morgan fingerprint density at radius 3 is 2.96 bits per heavy atom. The van der Waals surface area contributed by atoms with Crippen LogP contribution in [-0.4, -0.2) is 26.2 Å². The molecule has 3 aromatic heterocycles. The number of hydrogen-bond donors (Lipinski definition) is 1. The van der Waals surface area contributed by atoms with Gasteiger partial charge in [-0.05, 0) is 49.3 Å². The molecule has 0 bridgehead atoms. The number of thiophene rings is 1. The molecule has 1 aliphatic rings. The lowest BCUT2D eigenvalue weighted by Crippen LogP contribution is -2.27. The molecule has 0 aliphatic heterocycles. The number of pyridine rings is 1. The fraction of sp³-hybridized carbons (Fsp3) is 0.333. The van der Waals surface area contributed by atoms with E-state index in [2.05, 4.69) is 22.2 Å². The first-order valence-electron chi connectivity index (χ1n) is 8.57. The van der Waals surface area contributed by atoms with Gasteiger partial charge in [-0.1, -0.05) is 23.4 Å². The second-order valence-corrected chi connectivity index (χ2v) is 8.76. The van der Waals surface area contributed by atoms with Crippen molar-refractivity contribution < 1.29 is 4.79 Å². The number of fused-ring (bicyclic) bond motifs is 1. The largest absolute Gasteiger partial charge is 0.310 e. The predicted octanol–water partition coefficient (Wildman–Crippen LogP) is 4.21. The van der Waals surface area contributed by atoms with Gasteiger partial charge in [-0.3, -0.25) is 14.2 Å². The number of thioether (sulfide) groups is 1. The van der Waals surface area contributed by atoms with E-state index in [1.54, 1.807) is 16.7 Å². The first-order chi connectivity index (χ1) is 13.0. The molecule has 1 unspecified atom stereocenters. The van der Waals surface area contributed by atoms with Crippen LogP contribution >= 0.6 is 34.7 Å². The van der Waals surface area contributed by atoms with Gasteiger partial charge in [0.15, 0.2) is 5.16 Å². The SMILES string of the molecule is CC(C1CC1)n1c(SCC(=O)Nc2ccc(Cl)cn2)nc2sccc2c1=O. The molecule has 0 spiro atoms. The van der Waals surface area contributed by atoms with E-state index in [1.807, 2.05) is 11.4 Å². The summed E-state index contributed by atoms with van der Waals surface area (Å²) in [6, 6.07) is 5.21. The number of carbonyl (C=O) groups is 1. The number of amides is 1. The first kappa shape index (κ1) is 18.5. The number of carbonyl (C=O) groups excluding carboxylic acids is 1. The standard InChI is InChI=1S/C18H17ClN4O2S2/c1-10(11-2-3-11)23-17(25)13-6-7-26-16(13)22-18(23)27-9-15(24)21-14-5-4-12(19)8-20-14/h4-8,10-11H,2-3,9H2,1H3,(H,20,21,24). The summed E-state index contributed by atoms with van der Waals surface area (Å²) < 4.78 is 1.76. The quantitative estimate of drug-likeness (QED) is 0.477. The van der Waals surface area contributed by atoms with Crippen LogP contribution in [0.4, 0.5) is 5.82 Å². The van der Waals surface area contributed by atoms with Gasteiger partial charge >= 0.3 is 0 Å². The summed E-state index contributed by atoms with van der Waals surface area (Å²) in [6.45, 7) is 2.06. The number of nitrogens with one attached hydrogen (secondary N) is 1. The third-order valence-electron chi connectivity index (χ3n) is 4.54. The van der Waals surface area contributed by atoms with Crippen molar-refractivity contribution in [3.05, 3.63) is 45.2 Å². The van der Waals surface area contributed by atoms with Gasteiger partial charge in [-0.2, -0.15) is 0 Å². The number of hydrogen-bond acceptors (Lipinski definition) is 6. The van der Waals surface area contributed by atoms with Crippen LogP contribution in [0, 0.1) is 5.92 Å². The lowest BCUT2D eigenvalue weighted by atomic mass is 10.2. The highest BCUT2D eigenvalue weighted by atomic mass is 35.5. The number of anilines is 1. The minimum absolute atomic E-state index is 0.0251. The second kappa shape index (κ2) is 7.61. The fourth-order valence-corrected chi connectivity index (χ4v) is 4.72. The van der Waals surface area contributed by atoms with E-state index in [0.29, 0.717) is 32.1 Å². The molecule has 1 atom stereocenters. The monoisotopic (exact) mass is 420 g/mol. The van der Waals surface area contributed by atoms with Gasteiger partial charge in [-0.25, -0.2) is 9.97 Å². The highest BCUT2D eigenvalue weighted by Crippen LogP contribution is 2.40. The Morgan fingerprint density at radius 2 is 2.26 bits per heavy atom. The zero-order valence-electron chi connectivity index (χ0n) is 14.5. The molecule has 9 heteroatoms. The maximum absolute atomic E-state index is 12.9. The Balaban J connectivity index is 1.55. The highest BCUT2D eigenvalue weighted by Gasteiger charge is 2.32.